The van der Waals surface area contributed by atoms with Crippen molar-refractivity contribution >= 4 is 17.2 Å². The third-order valence-corrected chi connectivity index (χ3v) is 4.16. The summed E-state index contributed by atoms with van der Waals surface area (Å²) in [6.07, 6.45) is 4.78. The van der Waals surface area contributed by atoms with Crippen LogP contribution in [-0.2, 0) is 10.3 Å². The zero-order valence-corrected chi connectivity index (χ0v) is 11.7. The molecule has 20 heavy (non-hydrogen) atoms. The lowest BCUT2D eigenvalue weighted by Gasteiger charge is -2.36. The number of nitrogens with zero attached hydrogens (tertiary/aromatic N) is 2. The standard InChI is InChI=1S/C14H15N3O2S/c18-12(11-2-9-20-10-11)17-14(3-7-19-8-4-14)13-15-5-1-6-16-13/h1-2,5-6,9-10H,3-4,7-8H2,(H,17,18). The van der Waals surface area contributed by atoms with Gasteiger partial charge in [0.2, 0.25) is 0 Å². The fourth-order valence-corrected chi connectivity index (χ4v) is 2.99. The molecule has 0 atom stereocenters. The number of nitrogens with one attached hydrogen (secondary N) is 1. The van der Waals surface area contributed by atoms with Gasteiger partial charge in [0.1, 0.15) is 5.54 Å². The van der Waals surface area contributed by atoms with Gasteiger partial charge in [-0.2, -0.15) is 11.3 Å². The first-order chi connectivity index (χ1) is 9.80. The molecule has 0 aromatic carbocycles. The quantitative estimate of drug-likeness (QED) is 0.938. The zero-order valence-electron chi connectivity index (χ0n) is 10.9. The Kier molecular flexibility index (Phi) is 3.75. The van der Waals surface area contributed by atoms with Gasteiger partial charge in [0, 0.05) is 43.8 Å². The van der Waals surface area contributed by atoms with Crippen LogP contribution in [0.15, 0.2) is 35.3 Å². The van der Waals surface area contributed by atoms with Crippen molar-refractivity contribution in [2.24, 2.45) is 0 Å². The molecular formula is C14H15N3O2S. The lowest BCUT2D eigenvalue weighted by molar-refractivity contribution is 0.0313. The molecule has 5 nitrogen and oxygen atoms in total. The predicted octanol–water partition coefficient (Wildman–Crippen LogP) is 1.97. The average molecular weight is 289 g/mol. The van der Waals surface area contributed by atoms with Gasteiger partial charge in [-0.1, -0.05) is 0 Å². The number of thiophene rings is 1. The maximum atomic E-state index is 12.4. The topological polar surface area (TPSA) is 64.1 Å². The molecule has 104 valence electrons. The third kappa shape index (κ3) is 2.57. The second-order valence-corrected chi connectivity index (χ2v) is 5.51. The number of hydrogen-bond acceptors (Lipinski definition) is 5. The second kappa shape index (κ2) is 5.68. The summed E-state index contributed by atoms with van der Waals surface area (Å²) < 4.78 is 5.41. The highest BCUT2D eigenvalue weighted by Crippen LogP contribution is 2.30. The van der Waals surface area contributed by atoms with Crippen LogP contribution in [-0.4, -0.2) is 29.1 Å². The summed E-state index contributed by atoms with van der Waals surface area (Å²) in [7, 11) is 0. The van der Waals surface area contributed by atoms with E-state index in [-0.39, 0.29) is 5.91 Å². The summed E-state index contributed by atoms with van der Waals surface area (Å²) >= 11 is 1.51. The van der Waals surface area contributed by atoms with E-state index in [9.17, 15) is 4.79 Å². The maximum Gasteiger partial charge on any atom is 0.252 e. The molecule has 0 unspecified atom stereocenters. The van der Waals surface area contributed by atoms with Crippen LogP contribution < -0.4 is 5.32 Å². The molecule has 6 heteroatoms. The van der Waals surface area contributed by atoms with Gasteiger partial charge >= 0.3 is 0 Å². The monoisotopic (exact) mass is 289 g/mol. The predicted molar refractivity (Wildman–Crippen MR) is 75.5 cm³/mol. The van der Waals surface area contributed by atoms with Crippen LogP contribution in [0, 0.1) is 0 Å². The molecule has 0 radical (unpaired) electrons. The fraction of sp³-hybridized carbons (Fsp3) is 0.357. The molecular weight excluding hydrogens is 274 g/mol. The largest absolute Gasteiger partial charge is 0.381 e. The Balaban J connectivity index is 1.88. The number of carbonyl (C=O) groups is 1. The summed E-state index contributed by atoms with van der Waals surface area (Å²) in [6, 6.07) is 3.59. The van der Waals surface area contributed by atoms with Crippen LogP contribution in [0.25, 0.3) is 0 Å². The van der Waals surface area contributed by atoms with Gasteiger partial charge in [0.25, 0.3) is 5.91 Å². The molecule has 1 saturated heterocycles. The average Bonchev–Trinajstić information content (AvgIpc) is 3.03. The highest BCUT2D eigenvalue weighted by molar-refractivity contribution is 7.08. The van der Waals surface area contributed by atoms with E-state index in [0.29, 0.717) is 37.4 Å². The first-order valence-electron chi connectivity index (χ1n) is 6.50. The van der Waals surface area contributed by atoms with Gasteiger partial charge in [-0.05, 0) is 17.5 Å². The van der Waals surface area contributed by atoms with Crippen LogP contribution in [0.4, 0.5) is 0 Å². The highest BCUT2D eigenvalue weighted by Gasteiger charge is 2.38. The second-order valence-electron chi connectivity index (χ2n) is 4.73. The minimum Gasteiger partial charge on any atom is -0.381 e. The Hall–Kier alpha value is -1.79. The number of hydrogen-bond donors (Lipinski definition) is 1. The van der Waals surface area contributed by atoms with Crippen molar-refractivity contribution in [2.45, 2.75) is 18.4 Å². The molecule has 3 rings (SSSR count). The van der Waals surface area contributed by atoms with Gasteiger partial charge in [-0.15, -0.1) is 0 Å². The van der Waals surface area contributed by atoms with Gasteiger partial charge in [-0.3, -0.25) is 4.79 Å². The Morgan fingerprint density at radius 2 is 2.05 bits per heavy atom. The van der Waals surface area contributed by atoms with Crippen molar-refractivity contribution in [3.8, 4) is 0 Å². The Morgan fingerprint density at radius 1 is 1.30 bits per heavy atom. The minimum atomic E-state index is -0.529. The van der Waals surface area contributed by atoms with E-state index in [4.69, 9.17) is 4.74 Å². The van der Waals surface area contributed by atoms with Crippen LogP contribution in [0.5, 0.6) is 0 Å². The summed E-state index contributed by atoms with van der Waals surface area (Å²) in [4.78, 5) is 21.0. The SMILES string of the molecule is O=C(NC1(c2ncccn2)CCOCC1)c1ccsc1. The number of amides is 1. The lowest BCUT2D eigenvalue weighted by atomic mass is 9.88. The summed E-state index contributed by atoms with van der Waals surface area (Å²) in [5, 5.41) is 6.85. The molecule has 1 aliphatic heterocycles. The molecule has 2 aromatic rings. The molecule has 0 bridgehead atoms. The van der Waals surface area contributed by atoms with Crippen molar-refractivity contribution in [3.63, 3.8) is 0 Å². The summed E-state index contributed by atoms with van der Waals surface area (Å²) in [5.74, 6) is 0.576. The number of aromatic nitrogens is 2. The smallest absolute Gasteiger partial charge is 0.252 e. The van der Waals surface area contributed by atoms with E-state index in [1.54, 1.807) is 18.5 Å². The highest BCUT2D eigenvalue weighted by atomic mass is 32.1. The minimum absolute atomic E-state index is 0.0828. The van der Waals surface area contributed by atoms with Crippen LogP contribution in [0.3, 0.4) is 0 Å². The number of ether oxygens (including phenoxy) is 1. The first kappa shape index (κ1) is 13.2. The molecule has 0 aliphatic carbocycles. The summed E-state index contributed by atoms with van der Waals surface area (Å²) in [6.45, 7) is 1.20. The zero-order chi connectivity index (χ0) is 13.8. The van der Waals surface area contributed by atoms with E-state index >= 15 is 0 Å². The van der Waals surface area contributed by atoms with Gasteiger partial charge in [-0.25, -0.2) is 9.97 Å². The molecule has 3 heterocycles. The molecule has 0 saturated carbocycles. The molecule has 1 N–H and O–H groups in total. The van der Waals surface area contributed by atoms with E-state index in [1.807, 2.05) is 16.8 Å². The van der Waals surface area contributed by atoms with Gasteiger partial charge in [0.05, 0.1) is 5.56 Å². The number of rotatable bonds is 3. The van der Waals surface area contributed by atoms with Crippen molar-refractivity contribution in [1.82, 2.24) is 15.3 Å². The van der Waals surface area contributed by atoms with Crippen molar-refractivity contribution in [2.75, 3.05) is 13.2 Å². The Morgan fingerprint density at radius 3 is 2.70 bits per heavy atom. The van der Waals surface area contributed by atoms with E-state index in [0.717, 1.165) is 0 Å². The molecule has 1 amide bonds. The third-order valence-electron chi connectivity index (χ3n) is 3.48. The molecule has 0 spiro atoms. The van der Waals surface area contributed by atoms with Crippen LogP contribution >= 0.6 is 11.3 Å². The van der Waals surface area contributed by atoms with Crippen LogP contribution in [0.2, 0.25) is 0 Å². The van der Waals surface area contributed by atoms with E-state index in [1.165, 1.54) is 11.3 Å². The van der Waals surface area contributed by atoms with Crippen LogP contribution in [0.1, 0.15) is 29.0 Å². The summed E-state index contributed by atoms with van der Waals surface area (Å²) in [5.41, 5.74) is 0.148. The number of carbonyl (C=O) groups excluding carboxylic acids is 1. The van der Waals surface area contributed by atoms with Crippen molar-refractivity contribution in [1.29, 1.82) is 0 Å². The molecule has 1 aliphatic rings. The Labute approximate surface area is 121 Å². The first-order valence-corrected chi connectivity index (χ1v) is 7.44. The van der Waals surface area contributed by atoms with E-state index < -0.39 is 5.54 Å². The van der Waals surface area contributed by atoms with Gasteiger partial charge in [0.15, 0.2) is 5.82 Å². The maximum absolute atomic E-state index is 12.4. The van der Waals surface area contributed by atoms with Crippen molar-refractivity contribution in [3.05, 3.63) is 46.7 Å². The molecule has 2 aromatic heterocycles. The van der Waals surface area contributed by atoms with Gasteiger partial charge < -0.3 is 10.1 Å². The normalized spacial score (nSPS) is 17.6. The van der Waals surface area contributed by atoms with E-state index in [2.05, 4.69) is 15.3 Å². The van der Waals surface area contributed by atoms with Crippen molar-refractivity contribution < 1.29 is 9.53 Å². The lowest BCUT2D eigenvalue weighted by Crippen LogP contribution is -2.50. The Bertz CT molecular complexity index is 565. The molecule has 1 fully saturated rings. The fourth-order valence-electron chi connectivity index (χ4n) is 2.35.